The second-order valence-electron chi connectivity index (χ2n) is 4.24. The van der Waals surface area contributed by atoms with E-state index in [2.05, 4.69) is 17.2 Å². The summed E-state index contributed by atoms with van der Waals surface area (Å²) in [7, 11) is 0. The number of carbonyl (C=O) groups is 1. The van der Waals surface area contributed by atoms with Gasteiger partial charge in [-0.3, -0.25) is 4.79 Å². The van der Waals surface area contributed by atoms with Crippen LogP contribution in [0.15, 0.2) is 18.2 Å². The number of nitrogens with one attached hydrogen (secondary N) is 1. The number of hydrogen-bond acceptors (Lipinski definition) is 4. The minimum Gasteiger partial charge on any atom is -0.375 e. The van der Waals surface area contributed by atoms with Gasteiger partial charge in [0.2, 0.25) is 5.91 Å². The summed E-state index contributed by atoms with van der Waals surface area (Å²) in [6, 6.07) is 5.66. The molecule has 0 bridgehead atoms. The van der Waals surface area contributed by atoms with Crippen LogP contribution in [0.2, 0.25) is 0 Å². The van der Waals surface area contributed by atoms with Crippen molar-refractivity contribution in [3.8, 4) is 0 Å². The Hall–Kier alpha value is -1.62. The number of nitrogen functional groups attached to an aromatic ring is 1. The van der Waals surface area contributed by atoms with Gasteiger partial charge >= 0.3 is 0 Å². The first kappa shape index (κ1) is 12.8. The van der Waals surface area contributed by atoms with Gasteiger partial charge in [0.05, 0.1) is 10.2 Å². The topological polar surface area (TPSA) is 68.0 Å². The lowest BCUT2D eigenvalue weighted by atomic mass is 10.2. The molecule has 96 valence electrons. The first-order valence-corrected chi connectivity index (χ1v) is 6.96. The zero-order valence-corrected chi connectivity index (χ0v) is 11.2. The molecule has 18 heavy (non-hydrogen) atoms. The maximum absolute atomic E-state index is 11.7. The number of benzene rings is 1. The van der Waals surface area contributed by atoms with Gasteiger partial charge in [-0.15, -0.1) is 0 Å². The Morgan fingerprint density at radius 2 is 2.28 bits per heavy atom. The fourth-order valence-electron chi connectivity index (χ4n) is 1.78. The number of aromatic nitrogens is 1. The average Bonchev–Trinajstić information content (AvgIpc) is 2.69. The lowest BCUT2D eigenvalue weighted by Crippen LogP contribution is -2.10. The van der Waals surface area contributed by atoms with Crippen molar-refractivity contribution in [2.45, 2.75) is 32.6 Å². The van der Waals surface area contributed by atoms with Crippen molar-refractivity contribution >= 4 is 38.3 Å². The van der Waals surface area contributed by atoms with Crippen molar-refractivity contribution in [1.82, 2.24) is 4.98 Å². The molecule has 0 atom stereocenters. The van der Waals surface area contributed by atoms with Gasteiger partial charge in [0.1, 0.15) is 0 Å². The minimum atomic E-state index is 0.0697. The van der Waals surface area contributed by atoms with Crippen molar-refractivity contribution in [2.75, 3.05) is 11.1 Å². The van der Waals surface area contributed by atoms with Crippen LogP contribution in [-0.4, -0.2) is 10.9 Å². The standard InChI is InChI=1S/C13H17N3OS/c1-2-3-4-5-12(17)15-9-6-7-10-11(8-9)18-13(14)16-10/h6-8H,2-5H2,1H3,(H2,14,16)(H,15,17). The van der Waals surface area contributed by atoms with Crippen LogP contribution in [-0.2, 0) is 4.79 Å². The van der Waals surface area contributed by atoms with E-state index >= 15 is 0 Å². The highest BCUT2D eigenvalue weighted by Crippen LogP contribution is 2.26. The molecule has 5 heteroatoms. The lowest BCUT2D eigenvalue weighted by molar-refractivity contribution is -0.116. The number of thiazole rings is 1. The molecule has 0 aliphatic heterocycles. The van der Waals surface area contributed by atoms with Gasteiger partial charge < -0.3 is 11.1 Å². The second kappa shape index (κ2) is 5.82. The van der Waals surface area contributed by atoms with Gasteiger partial charge in [0.15, 0.2) is 5.13 Å². The van der Waals surface area contributed by atoms with Crippen LogP contribution in [0.3, 0.4) is 0 Å². The van der Waals surface area contributed by atoms with Gasteiger partial charge in [-0.1, -0.05) is 31.1 Å². The lowest BCUT2D eigenvalue weighted by Gasteiger charge is -2.04. The number of rotatable bonds is 5. The Balaban J connectivity index is 2.00. The predicted octanol–water partition coefficient (Wildman–Crippen LogP) is 3.40. The van der Waals surface area contributed by atoms with Crippen LogP contribution in [0.5, 0.6) is 0 Å². The van der Waals surface area contributed by atoms with E-state index in [0.29, 0.717) is 11.6 Å². The summed E-state index contributed by atoms with van der Waals surface area (Å²) in [6.45, 7) is 2.13. The van der Waals surface area contributed by atoms with E-state index in [1.165, 1.54) is 11.3 Å². The van der Waals surface area contributed by atoms with Crippen LogP contribution < -0.4 is 11.1 Å². The molecular formula is C13H17N3OS. The van der Waals surface area contributed by atoms with E-state index < -0.39 is 0 Å². The third kappa shape index (κ3) is 3.20. The molecule has 2 aromatic rings. The maximum atomic E-state index is 11.7. The first-order chi connectivity index (χ1) is 8.69. The fourth-order valence-corrected chi connectivity index (χ4v) is 2.55. The Bertz CT molecular complexity index is 550. The fraction of sp³-hybridized carbons (Fsp3) is 0.385. The summed E-state index contributed by atoms with van der Waals surface area (Å²) in [5.41, 5.74) is 7.33. The number of nitrogens with two attached hydrogens (primary N) is 1. The Kier molecular flexibility index (Phi) is 4.15. The van der Waals surface area contributed by atoms with E-state index in [-0.39, 0.29) is 5.91 Å². The molecule has 1 aromatic carbocycles. The van der Waals surface area contributed by atoms with E-state index in [4.69, 9.17) is 5.73 Å². The molecule has 0 unspecified atom stereocenters. The number of carbonyl (C=O) groups excluding carboxylic acids is 1. The SMILES string of the molecule is CCCCCC(=O)Nc1ccc2nc(N)sc2c1. The average molecular weight is 263 g/mol. The normalized spacial score (nSPS) is 10.7. The molecule has 1 amide bonds. The number of anilines is 2. The smallest absolute Gasteiger partial charge is 0.224 e. The van der Waals surface area contributed by atoms with Crippen LogP contribution in [0.25, 0.3) is 10.2 Å². The third-order valence-corrected chi connectivity index (χ3v) is 3.54. The van der Waals surface area contributed by atoms with E-state index in [1.807, 2.05) is 18.2 Å². The van der Waals surface area contributed by atoms with Gasteiger partial charge in [0, 0.05) is 12.1 Å². The highest BCUT2D eigenvalue weighted by molar-refractivity contribution is 7.22. The number of nitrogens with zero attached hydrogens (tertiary/aromatic N) is 1. The molecule has 0 saturated heterocycles. The number of fused-ring (bicyclic) bond motifs is 1. The molecule has 0 spiro atoms. The van der Waals surface area contributed by atoms with Gasteiger partial charge in [-0.05, 0) is 24.6 Å². The molecule has 0 fully saturated rings. The molecule has 1 heterocycles. The summed E-state index contributed by atoms with van der Waals surface area (Å²) >= 11 is 1.43. The molecule has 0 aliphatic carbocycles. The zero-order chi connectivity index (χ0) is 13.0. The summed E-state index contributed by atoms with van der Waals surface area (Å²) < 4.78 is 0.999. The van der Waals surface area contributed by atoms with Crippen molar-refractivity contribution in [3.05, 3.63) is 18.2 Å². The molecule has 0 radical (unpaired) electrons. The van der Waals surface area contributed by atoms with Gasteiger partial charge in [0.25, 0.3) is 0 Å². The minimum absolute atomic E-state index is 0.0697. The molecular weight excluding hydrogens is 246 g/mol. The molecule has 4 nitrogen and oxygen atoms in total. The van der Waals surface area contributed by atoms with E-state index in [0.717, 1.165) is 35.2 Å². The summed E-state index contributed by atoms with van der Waals surface area (Å²) in [4.78, 5) is 15.9. The van der Waals surface area contributed by atoms with Crippen molar-refractivity contribution in [2.24, 2.45) is 0 Å². The van der Waals surface area contributed by atoms with Crippen molar-refractivity contribution < 1.29 is 4.79 Å². The Morgan fingerprint density at radius 3 is 3.06 bits per heavy atom. The molecule has 0 saturated carbocycles. The van der Waals surface area contributed by atoms with E-state index in [1.54, 1.807) is 0 Å². The summed E-state index contributed by atoms with van der Waals surface area (Å²) in [6.07, 6.45) is 3.74. The second-order valence-corrected chi connectivity index (χ2v) is 5.30. The first-order valence-electron chi connectivity index (χ1n) is 6.15. The monoisotopic (exact) mass is 263 g/mol. The summed E-state index contributed by atoms with van der Waals surface area (Å²) in [5.74, 6) is 0.0697. The molecule has 2 rings (SSSR count). The van der Waals surface area contributed by atoms with Crippen LogP contribution in [0, 0.1) is 0 Å². The van der Waals surface area contributed by atoms with Crippen LogP contribution in [0.1, 0.15) is 32.6 Å². The number of hydrogen-bond donors (Lipinski definition) is 2. The quantitative estimate of drug-likeness (QED) is 0.812. The van der Waals surface area contributed by atoms with E-state index in [9.17, 15) is 4.79 Å². The van der Waals surface area contributed by atoms with Crippen molar-refractivity contribution in [1.29, 1.82) is 0 Å². The Morgan fingerprint density at radius 1 is 1.44 bits per heavy atom. The highest BCUT2D eigenvalue weighted by Gasteiger charge is 2.05. The molecule has 1 aromatic heterocycles. The van der Waals surface area contributed by atoms with Crippen LogP contribution >= 0.6 is 11.3 Å². The molecule has 3 N–H and O–H groups in total. The summed E-state index contributed by atoms with van der Waals surface area (Å²) in [5, 5.41) is 3.45. The maximum Gasteiger partial charge on any atom is 0.224 e. The number of unbranched alkanes of at least 4 members (excludes halogenated alkanes) is 2. The number of amides is 1. The van der Waals surface area contributed by atoms with Gasteiger partial charge in [-0.25, -0.2) is 4.98 Å². The van der Waals surface area contributed by atoms with Crippen LogP contribution in [0.4, 0.5) is 10.8 Å². The largest absolute Gasteiger partial charge is 0.375 e. The van der Waals surface area contributed by atoms with Gasteiger partial charge in [-0.2, -0.15) is 0 Å². The third-order valence-electron chi connectivity index (χ3n) is 2.70. The highest BCUT2D eigenvalue weighted by atomic mass is 32.1. The van der Waals surface area contributed by atoms with Crippen molar-refractivity contribution in [3.63, 3.8) is 0 Å². The zero-order valence-electron chi connectivity index (χ0n) is 10.4. The molecule has 0 aliphatic rings. The Labute approximate surface area is 110 Å². The predicted molar refractivity (Wildman–Crippen MR) is 76.8 cm³/mol.